The molecule has 1 heterocycles. The Hall–Kier alpha value is -2.37. The van der Waals surface area contributed by atoms with E-state index >= 15 is 0 Å². The highest BCUT2D eigenvalue weighted by Gasteiger charge is 2.21. The molecule has 0 spiro atoms. The van der Waals surface area contributed by atoms with E-state index in [1.807, 2.05) is 59.5 Å². The molecule has 0 atom stereocenters. The van der Waals surface area contributed by atoms with Crippen LogP contribution in [-0.2, 0) is 6.61 Å². The fourth-order valence-electron chi connectivity index (χ4n) is 2.93. The Morgan fingerprint density at radius 1 is 0.960 bits per heavy atom. The second kappa shape index (κ2) is 8.65. The van der Waals surface area contributed by atoms with Crippen LogP contribution < -0.4 is 4.74 Å². The molecule has 2 aromatic carbocycles. The van der Waals surface area contributed by atoms with E-state index in [4.69, 9.17) is 9.84 Å². The zero-order valence-corrected chi connectivity index (χ0v) is 14.3. The van der Waals surface area contributed by atoms with Gasteiger partial charge in [0.15, 0.2) is 0 Å². The molecular formula is C20H24N2O3. The lowest BCUT2D eigenvalue weighted by molar-refractivity contribution is 0.0615. The number of ether oxygens (including phenoxy) is 1. The Kier molecular flexibility index (Phi) is 6.04. The van der Waals surface area contributed by atoms with Crippen molar-refractivity contribution >= 4 is 5.91 Å². The Labute approximate surface area is 148 Å². The second-order valence-electron chi connectivity index (χ2n) is 6.16. The highest BCUT2D eigenvalue weighted by atomic mass is 16.5. The van der Waals surface area contributed by atoms with Gasteiger partial charge in [-0.05, 0) is 29.8 Å². The molecule has 1 N–H and O–H groups in total. The van der Waals surface area contributed by atoms with Gasteiger partial charge in [-0.1, -0.05) is 30.3 Å². The number of hydrogen-bond acceptors (Lipinski definition) is 4. The van der Waals surface area contributed by atoms with E-state index in [9.17, 15) is 4.79 Å². The average Bonchev–Trinajstić information content (AvgIpc) is 2.68. The lowest BCUT2D eigenvalue weighted by Crippen LogP contribution is -2.49. The van der Waals surface area contributed by atoms with Crippen molar-refractivity contribution in [3.05, 3.63) is 65.7 Å². The maximum Gasteiger partial charge on any atom is 0.253 e. The zero-order chi connectivity index (χ0) is 17.5. The molecule has 0 saturated carbocycles. The molecule has 0 bridgehead atoms. The maximum absolute atomic E-state index is 12.6. The van der Waals surface area contributed by atoms with E-state index in [0.29, 0.717) is 31.8 Å². The minimum absolute atomic E-state index is 0.0539. The first-order valence-corrected chi connectivity index (χ1v) is 8.65. The molecule has 1 fully saturated rings. The van der Waals surface area contributed by atoms with Gasteiger partial charge in [-0.25, -0.2) is 0 Å². The first kappa shape index (κ1) is 17.5. The van der Waals surface area contributed by atoms with Crippen LogP contribution in [0.15, 0.2) is 54.6 Å². The third kappa shape index (κ3) is 4.81. The largest absolute Gasteiger partial charge is 0.489 e. The van der Waals surface area contributed by atoms with Gasteiger partial charge in [0.2, 0.25) is 0 Å². The first-order chi connectivity index (χ1) is 12.3. The van der Waals surface area contributed by atoms with Crippen LogP contribution in [0.5, 0.6) is 5.75 Å². The standard InChI is InChI=1S/C20H24N2O3/c23-15-14-21-10-12-22(13-11-21)20(24)18-6-8-19(9-7-18)25-16-17-4-2-1-3-5-17/h1-9,23H,10-16H2. The molecule has 0 aromatic heterocycles. The topological polar surface area (TPSA) is 53.0 Å². The fourth-order valence-corrected chi connectivity index (χ4v) is 2.93. The van der Waals surface area contributed by atoms with Crippen molar-refractivity contribution < 1.29 is 14.6 Å². The minimum atomic E-state index is 0.0539. The highest BCUT2D eigenvalue weighted by Crippen LogP contribution is 2.16. The predicted octanol–water partition coefficient (Wildman–Crippen LogP) is 2.02. The van der Waals surface area contributed by atoms with Crippen LogP contribution >= 0.6 is 0 Å². The number of nitrogens with zero attached hydrogens (tertiary/aromatic N) is 2. The van der Waals surface area contributed by atoms with Crippen molar-refractivity contribution in [2.24, 2.45) is 0 Å². The lowest BCUT2D eigenvalue weighted by Gasteiger charge is -2.34. The maximum atomic E-state index is 12.6. The summed E-state index contributed by atoms with van der Waals surface area (Å²) in [6.45, 7) is 4.38. The van der Waals surface area contributed by atoms with Gasteiger partial charge in [0.05, 0.1) is 6.61 Å². The molecular weight excluding hydrogens is 316 g/mol. The fraction of sp³-hybridized carbons (Fsp3) is 0.350. The van der Waals surface area contributed by atoms with E-state index < -0.39 is 0 Å². The SMILES string of the molecule is O=C(c1ccc(OCc2ccccc2)cc1)N1CCN(CCO)CC1. The van der Waals surface area contributed by atoms with Gasteiger partial charge in [0.25, 0.3) is 5.91 Å². The van der Waals surface area contributed by atoms with E-state index in [0.717, 1.165) is 24.4 Å². The Balaban J connectivity index is 1.52. The number of carbonyl (C=O) groups is 1. The quantitative estimate of drug-likeness (QED) is 0.874. The smallest absolute Gasteiger partial charge is 0.253 e. The summed E-state index contributed by atoms with van der Waals surface area (Å²) in [5, 5.41) is 8.98. The number of carbonyl (C=O) groups excluding carboxylic acids is 1. The monoisotopic (exact) mass is 340 g/mol. The summed E-state index contributed by atoms with van der Waals surface area (Å²) >= 11 is 0. The number of benzene rings is 2. The van der Waals surface area contributed by atoms with Gasteiger partial charge in [-0.3, -0.25) is 9.69 Å². The normalized spacial score (nSPS) is 15.2. The highest BCUT2D eigenvalue weighted by molar-refractivity contribution is 5.94. The number of rotatable bonds is 6. The average molecular weight is 340 g/mol. The summed E-state index contributed by atoms with van der Waals surface area (Å²) in [4.78, 5) is 16.6. The molecule has 2 aromatic rings. The van der Waals surface area contributed by atoms with Crippen molar-refractivity contribution in [2.75, 3.05) is 39.3 Å². The molecule has 132 valence electrons. The summed E-state index contributed by atoms with van der Waals surface area (Å²) in [7, 11) is 0. The molecule has 5 nitrogen and oxygen atoms in total. The first-order valence-electron chi connectivity index (χ1n) is 8.65. The molecule has 1 saturated heterocycles. The third-order valence-electron chi connectivity index (χ3n) is 4.43. The van der Waals surface area contributed by atoms with Gasteiger partial charge in [-0.15, -0.1) is 0 Å². The van der Waals surface area contributed by atoms with Crippen molar-refractivity contribution in [3.8, 4) is 5.75 Å². The molecule has 25 heavy (non-hydrogen) atoms. The second-order valence-corrected chi connectivity index (χ2v) is 6.16. The number of aliphatic hydroxyl groups is 1. The molecule has 0 radical (unpaired) electrons. The zero-order valence-electron chi connectivity index (χ0n) is 14.3. The number of aliphatic hydroxyl groups excluding tert-OH is 1. The van der Waals surface area contributed by atoms with Gasteiger partial charge < -0.3 is 14.7 Å². The summed E-state index contributed by atoms with van der Waals surface area (Å²) in [6.07, 6.45) is 0. The molecule has 1 amide bonds. The Morgan fingerprint density at radius 2 is 1.64 bits per heavy atom. The molecule has 5 heteroatoms. The van der Waals surface area contributed by atoms with Crippen molar-refractivity contribution in [1.82, 2.24) is 9.80 Å². The van der Waals surface area contributed by atoms with E-state index in [-0.39, 0.29) is 12.5 Å². The minimum Gasteiger partial charge on any atom is -0.489 e. The number of hydrogen-bond donors (Lipinski definition) is 1. The van der Waals surface area contributed by atoms with Crippen LogP contribution in [0.1, 0.15) is 15.9 Å². The third-order valence-corrected chi connectivity index (χ3v) is 4.43. The molecule has 0 aliphatic carbocycles. The van der Waals surface area contributed by atoms with Gasteiger partial charge in [-0.2, -0.15) is 0 Å². The van der Waals surface area contributed by atoms with Crippen molar-refractivity contribution in [3.63, 3.8) is 0 Å². The summed E-state index contributed by atoms with van der Waals surface area (Å²) in [5.41, 5.74) is 1.80. The molecule has 0 unspecified atom stereocenters. The van der Waals surface area contributed by atoms with Crippen LogP contribution in [0.2, 0.25) is 0 Å². The van der Waals surface area contributed by atoms with Crippen LogP contribution in [-0.4, -0.2) is 60.1 Å². The lowest BCUT2D eigenvalue weighted by atomic mass is 10.1. The van der Waals surface area contributed by atoms with Crippen molar-refractivity contribution in [2.45, 2.75) is 6.61 Å². The van der Waals surface area contributed by atoms with Crippen LogP contribution in [0.25, 0.3) is 0 Å². The van der Waals surface area contributed by atoms with Gasteiger partial charge >= 0.3 is 0 Å². The van der Waals surface area contributed by atoms with Crippen LogP contribution in [0.3, 0.4) is 0 Å². The summed E-state index contributed by atoms with van der Waals surface area (Å²) < 4.78 is 5.76. The molecule has 1 aliphatic heterocycles. The molecule has 1 aliphatic rings. The number of β-amino-alcohol motifs (C(OH)–C–C–N with tert-alkyl or cyclic N) is 1. The number of amides is 1. The Bertz CT molecular complexity index is 665. The predicted molar refractivity (Wildman–Crippen MR) is 96.6 cm³/mol. The van der Waals surface area contributed by atoms with E-state index in [2.05, 4.69) is 4.90 Å². The van der Waals surface area contributed by atoms with Gasteiger partial charge in [0.1, 0.15) is 12.4 Å². The van der Waals surface area contributed by atoms with E-state index in [1.165, 1.54) is 0 Å². The Morgan fingerprint density at radius 3 is 2.28 bits per heavy atom. The van der Waals surface area contributed by atoms with Crippen LogP contribution in [0.4, 0.5) is 0 Å². The van der Waals surface area contributed by atoms with Gasteiger partial charge in [0, 0.05) is 38.3 Å². The van der Waals surface area contributed by atoms with E-state index in [1.54, 1.807) is 0 Å². The van der Waals surface area contributed by atoms with Crippen LogP contribution in [0, 0.1) is 0 Å². The summed E-state index contributed by atoms with van der Waals surface area (Å²) in [6, 6.07) is 17.3. The molecule has 3 rings (SSSR count). The number of piperazine rings is 1. The van der Waals surface area contributed by atoms with Crippen molar-refractivity contribution in [1.29, 1.82) is 0 Å². The summed E-state index contributed by atoms with van der Waals surface area (Å²) in [5.74, 6) is 0.812.